The highest BCUT2D eigenvalue weighted by Crippen LogP contribution is 2.22. The third kappa shape index (κ3) is 4.23. The number of carbonyl (C=O) groups is 1. The molecule has 1 amide bonds. The molecule has 1 fully saturated rings. The SMILES string of the molecule is O=C(COc1ccc(-c2ccccc2)cc1)N1CC(Nc2ncccn2)C1. The van der Waals surface area contributed by atoms with Crippen LogP contribution in [0.25, 0.3) is 11.1 Å². The highest BCUT2D eigenvalue weighted by atomic mass is 16.5. The molecule has 0 atom stereocenters. The second-order valence-corrected chi connectivity index (χ2v) is 6.39. The number of likely N-dealkylation sites (tertiary alicyclic amines) is 1. The van der Waals surface area contributed by atoms with E-state index in [0.29, 0.717) is 24.8 Å². The van der Waals surface area contributed by atoms with Crippen molar-refractivity contribution in [1.29, 1.82) is 0 Å². The monoisotopic (exact) mass is 360 g/mol. The third-order valence-corrected chi connectivity index (χ3v) is 4.46. The summed E-state index contributed by atoms with van der Waals surface area (Å²) in [6, 6.07) is 19.9. The van der Waals surface area contributed by atoms with Gasteiger partial charge in [-0.3, -0.25) is 4.79 Å². The molecule has 1 aliphatic rings. The van der Waals surface area contributed by atoms with Crippen molar-refractivity contribution in [2.45, 2.75) is 6.04 Å². The second kappa shape index (κ2) is 7.86. The Hall–Kier alpha value is -3.41. The quantitative estimate of drug-likeness (QED) is 0.732. The second-order valence-electron chi connectivity index (χ2n) is 6.39. The number of amides is 1. The summed E-state index contributed by atoms with van der Waals surface area (Å²) in [5, 5.41) is 3.20. The van der Waals surface area contributed by atoms with Gasteiger partial charge < -0.3 is 15.0 Å². The average Bonchev–Trinajstić information content (AvgIpc) is 2.70. The Morgan fingerprint density at radius 2 is 1.63 bits per heavy atom. The maximum atomic E-state index is 12.2. The number of nitrogens with one attached hydrogen (secondary N) is 1. The van der Waals surface area contributed by atoms with Crippen molar-refractivity contribution in [3.05, 3.63) is 73.1 Å². The van der Waals surface area contributed by atoms with Gasteiger partial charge in [0.05, 0.1) is 6.04 Å². The zero-order valence-corrected chi connectivity index (χ0v) is 14.8. The lowest BCUT2D eigenvalue weighted by Crippen LogP contribution is -2.58. The van der Waals surface area contributed by atoms with Crippen molar-refractivity contribution in [2.24, 2.45) is 0 Å². The zero-order chi connectivity index (χ0) is 18.5. The van der Waals surface area contributed by atoms with Crippen molar-refractivity contribution in [3.8, 4) is 16.9 Å². The van der Waals surface area contributed by atoms with Crippen LogP contribution in [0.4, 0.5) is 5.95 Å². The fraction of sp³-hybridized carbons (Fsp3) is 0.190. The molecule has 136 valence electrons. The van der Waals surface area contributed by atoms with E-state index in [2.05, 4.69) is 27.4 Å². The Morgan fingerprint density at radius 3 is 2.33 bits per heavy atom. The summed E-state index contributed by atoms with van der Waals surface area (Å²) in [5.74, 6) is 1.26. The summed E-state index contributed by atoms with van der Waals surface area (Å²) < 4.78 is 5.63. The van der Waals surface area contributed by atoms with Gasteiger partial charge in [0, 0.05) is 25.5 Å². The van der Waals surface area contributed by atoms with Gasteiger partial charge in [0.1, 0.15) is 5.75 Å². The van der Waals surface area contributed by atoms with Gasteiger partial charge in [-0.25, -0.2) is 9.97 Å². The number of anilines is 1. The molecular formula is C21H20N4O2. The van der Waals surface area contributed by atoms with Crippen molar-refractivity contribution < 1.29 is 9.53 Å². The summed E-state index contributed by atoms with van der Waals surface area (Å²) in [4.78, 5) is 22.2. The van der Waals surface area contributed by atoms with Crippen molar-refractivity contribution in [3.63, 3.8) is 0 Å². The standard InChI is InChI=1S/C21H20N4O2/c26-20(25-13-18(14-25)24-21-22-11-4-12-23-21)15-27-19-9-7-17(8-10-19)16-5-2-1-3-6-16/h1-12,18H,13-15H2,(H,22,23,24). The van der Waals surface area contributed by atoms with Crippen LogP contribution in [0.2, 0.25) is 0 Å². The Morgan fingerprint density at radius 1 is 0.963 bits per heavy atom. The van der Waals surface area contributed by atoms with Gasteiger partial charge in [-0.05, 0) is 29.3 Å². The first-order chi connectivity index (χ1) is 13.3. The third-order valence-electron chi connectivity index (χ3n) is 4.46. The summed E-state index contributed by atoms with van der Waals surface area (Å²) in [6.45, 7) is 1.31. The number of benzene rings is 2. The minimum atomic E-state index is -0.0193. The average molecular weight is 360 g/mol. The lowest BCUT2D eigenvalue weighted by molar-refractivity contribution is -0.137. The molecule has 2 aromatic carbocycles. The smallest absolute Gasteiger partial charge is 0.260 e. The number of ether oxygens (including phenoxy) is 1. The van der Waals surface area contributed by atoms with E-state index in [1.165, 1.54) is 0 Å². The van der Waals surface area contributed by atoms with E-state index >= 15 is 0 Å². The van der Waals surface area contributed by atoms with Crippen LogP contribution in [-0.4, -0.2) is 46.5 Å². The number of hydrogen-bond acceptors (Lipinski definition) is 5. The van der Waals surface area contributed by atoms with E-state index in [-0.39, 0.29) is 18.6 Å². The van der Waals surface area contributed by atoms with Crippen LogP contribution in [0.3, 0.4) is 0 Å². The van der Waals surface area contributed by atoms with E-state index in [1.807, 2.05) is 42.5 Å². The Bertz CT molecular complexity index is 879. The van der Waals surface area contributed by atoms with E-state index in [0.717, 1.165) is 11.1 Å². The topological polar surface area (TPSA) is 67.3 Å². The lowest BCUT2D eigenvalue weighted by atomic mass is 10.1. The first-order valence-corrected chi connectivity index (χ1v) is 8.87. The Kier molecular flexibility index (Phi) is 4.96. The molecule has 6 nitrogen and oxygen atoms in total. The van der Waals surface area contributed by atoms with Crippen molar-refractivity contribution in [1.82, 2.24) is 14.9 Å². The molecule has 1 aliphatic heterocycles. The molecule has 3 aromatic rings. The molecule has 4 rings (SSSR count). The molecule has 0 spiro atoms. The minimum absolute atomic E-state index is 0.0193. The predicted octanol–water partition coefficient (Wildman–Crippen LogP) is 2.85. The van der Waals surface area contributed by atoms with Crippen LogP contribution < -0.4 is 10.1 Å². The predicted molar refractivity (Wildman–Crippen MR) is 103 cm³/mol. The molecule has 0 unspecified atom stereocenters. The van der Waals surface area contributed by atoms with Crippen LogP contribution in [0, 0.1) is 0 Å². The van der Waals surface area contributed by atoms with Gasteiger partial charge in [0.15, 0.2) is 6.61 Å². The van der Waals surface area contributed by atoms with Gasteiger partial charge in [0.25, 0.3) is 5.91 Å². The van der Waals surface area contributed by atoms with Crippen LogP contribution in [0.5, 0.6) is 5.75 Å². The maximum Gasteiger partial charge on any atom is 0.260 e. The van der Waals surface area contributed by atoms with E-state index < -0.39 is 0 Å². The van der Waals surface area contributed by atoms with Gasteiger partial charge in [0.2, 0.25) is 5.95 Å². The zero-order valence-electron chi connectivity index (χ0n) is 14.8. The molecule has 0 bridgehead atoms. The molecule has 1 aromatic heterocycles. The van der Waals surface area contributed by atoms with E-state index in [9.17, 15) is 4.79 Å². The highest BCUT2D eigenvalue weighted by molar-refractivity contribution is 5.79. The fourth-order valence-corrected chi connectivity index (χ4v) is 2.94. The lowest BCUT2D eigenvalue weighted by Gasteiger charge is -2.39. The summed E-state index contributed by atoms with van der Waals surface area (Å²) in [7, 11) is 0. The number of nitrogens with zero attached hydrogens (tertiary/aromatic N) is 3. The molecule has 27 heavy (non-hydrogen) atoms. The Labute approximate surface area is 157 Å². The van der Waals surface area contributed by atoms with Crippen LogP contribution in [0.1, 0.15) is 0 Å². The van der Waals surface area contributed by atoms with Gasteiger partial charge in [-0.15, -0.1) is 0 Å². The van der Waals surface area contributed by atoms with Gasteiger partial charge >= 0.3 is 0 Å². The molecule has 6 heteroatoms. The van der Waals surface area contributed by atoms with E-state index in [1.54, 1.807) is 23.4 Å². The summed E-state index contributed by atoms with van der Waals surface area (Å²) in [5.41, 5.74) is 2.27. The van der Waals surface area contributed by atoms with E-state index in [4.69, 9.17) is 4.74 Å². The fourth-order valence-electron chi connectivity index (χ4n) is 2.94. The molecule has 1 N–H and O–H groups in total. The van der Waals surface area contributed by atoms with Crippen molar-refractivity contribution >= 4 is 11.9 Å². The van der Waals surface area contributed by atoms with Crippen LogP contribution in [0.15, 0.2) is 73.1 Å². The van der Waals surface area contributed by atoms with Crippen LogP contribution in [-0.2, 0) is 4.79 Å². The summed E-state index contributed by atoms with van der Waals surface area (Å²) in [6.07, 6.45) is 3.38. The van der Waals surface area contributed by atoms with Gasteiger partial charge in [-0.2, -0.15) is 0 Å². The number of rotatable bonds is 6. The maximum absolute atomic E-state index is 12.2. The molecule has 2 heterocycles. The number of hydrogen-bond donors (Lipinski definition) is 1. The van der Waals surface area contributed by atoms with Crippen molar-refractivity contribution in [2.75, 3.05) is 25.0 Å². The molecule has 0 aliphatic carbocycles. The molecule has 0 saturated carbocycles. The normalized spacial score (nSPS) is 13.7. The summed E-state index contributed by atoms with van der Waals surface area (Å²) >= 11 is 0. The van der Waals surface area contributed by atoms with Gasteiger partial charge in [-0.1, -0.05) is 42.5 Å². The number of aromatic nitrogens is 2. The first kappa shape index (κ1) is 17.0. The number of carbonyl (C=O) groups excluding carboxylic acids is 1. The molecule has 0 radical (unpaired) electrons. The van der Waals surface area contributed by atoms with Crippen LogP contribution >= 0.6 is 0 Å². The first-order valence-electron chi connectivity index (χ1n) is 8.87. The molecule has 1 saturated heterocycles. The molecular weight excluding hydrogens is 340 g/mol. The highest BCUT2D eigenvalue weighted by Gasteiger charge is 2.31. The Balaban J connectivity index is 1.23. The largest absolute Gasteiger partial charge is 0.484 e. The minimum Gasteiger partial charge on any atom is -0.484 e.